The first-order valence-electron chi connectivity index (χ1n) is 7.59. The zero-order valence-electron chi connectivity index (χ0n) is 12.4. The summed E-state index contributed by atoms with van der Waals surface area (Å²) in [4.78, 5) is 10.6. The predicted molar refractivity (Wildman–Crippen MR) is 78.0 cm³/mol. The van der Waals surface area contributed by atoms with E-state index in [0.717, 1.165) is 50.9 Å². The van der Waals surface area contributed by atoms with E-state index in [2.05, 4.69) is 5.32 Å². The van der Waals surface area contributed by atoms with Gasteiger partial charge in [0.25, 0.3) is 0 Å². The molecule has 0 amide bonds. The highest BCUT2D eigenvalue weighted by atomic mass is 19.1. The molecule has 6 heteroatoms. The third-order valence-electron chi connectivity index (χ3n) is 3.93. The molecule has 1 heterocycles. The third kappa shape index (κ3) is 4.94. The summed E-state index contributed by atoms with van der Waals surface area (Å²) in [6.45, 7) is 2.50. The van der Waals surface area contributed by atoms with Gasteiger partial charge in [-0.2, -0.15) is 0 Å². The maximum Gasteiger partial charge on any atom is 0.308 e. The number of piperidine rings is 1. The summed E-state index contributed by atoms with van der Waals surface area (Å²) >= 11 is 0. The number of carboxylic acids is 1. The number of hydrogen-bond donors (Lipinski definition) is 2. The molecule has 0 saturated carbocycles. The number of benzene rings is 1. The standard InChI is InChI=1S/C16H21F2NO3/c17-14-8-12(9-15(18)13(14)10-16(20)21)22-7-1-2-11-3-5-19-6-4-11/h8-9,11,19H,1-7,10H2,(H,20,21). The van der Waals surface area contributed by atoms with Crippen molar-refractivity contribution in [3.63, 3.8) is 0 Å². The van der Waals surface area contributed by atoms with Gasteiger partial charge in [0.1, 0.15) is 17.4 Å². The van der Waals surface area contributed by atoms with Crippen LogP contribution in [0, 0.1) is 17.6 Å². The summed E-state index contributed by atoms with van der Waals surface area (Å²) in [6.07, 6.45) is 3.53. The highest BCUT2D eigenvalue weighted by Crippen LogP contribution is 2.22. The third-order valence-corrected chi connectivity index (χ3v) is 3.93. The summed E-state index contributed by atoms with van der Waals surface area (Å²) in [7, 11) is 0. The minimum Gasteiger partial charge on any atom is -0.493 e. The van der Waals surface area contributed by atoms with Crippen molar-refractivity contribution in [1.29, 1.82) is 0 Å². The summed E-state index contributed by atoms with van der Waals surface area (Å²) in [6, 6.07) is 2.10. The topological polar surface area (TPSA) is 58.6 Å². The lowest BCUT2D eigenvalue weighted by atomic mass is 9.93. The average molecular weight is 313 g/mol. The van der Waals surface area contributed by atoms with Crippen molar-refractivity contribution in [3.8, 4) is 5.75 Å². The molecule has 1 fully saturated rings. The van der Waals surface area contributed by atoms with E-state index in [1.165, 1.54) is 0 Å². The van der Waals surface area contributed by atoms with Crippen LogP contribution in [0.5, 0.6) is 5.75 Å². The van der Waals surface area contributed by atoms with Gasteiger partial charge in [0, 0.05) is 17.7 Å². The predicted octanol–water partition coefficient (Wildman–Crippen LogP) is 2.75. The second kappa shape index (κ2) is 8.08. The van der Waals surface area contributed by atoms with Crippen LogP contribution in [0.25, 0.3) is 0 Å². The van der Waals surface area contributed by atoms with Gasteiger partial charge in [-0.3, -0.25) is 4.79 Å². The Morgan fingerprint density at radius 3 is 2.50 bits per heavy atom. The summed E-state index contributed by atoms with van der Waals surface area (Å²) in [5.41, 5.74) is -0.436. The maximum absolute atomic E-state index is 13.7. The van der Waals surface area contributed by atoms with Gasteiger partial charge in [0.15, 0.2) is 0 Å². The number of halogens is 2. The van der Waals surface area contributed by atoms with Gasteiger partial charge in [-0.1, -0.05) is 0 Å². The lowest BCUT2D eigenvalue weighted by molar-refractivity contribution is -0.136. The van der Waals surface area contributed by atoms with E-state index in [4.69, 9.17) is 9.84 Å². The van der Waals surface area contributed by atoms with Crippen molar-refractivity contribution in [1.82, 2.24) is 5.32 Å². The van der Waals surface area contributed by atoms with E-state index >= 15 is 0 Å². The number of aliphatic carboxylic acids is 1. The van der Waals surface area contributed by atoms with Crippen molar-refractivity contribution in [2.45, 2.75) is 32.1 Å². The zero-order valence-corrected chi connectivity index (χ0v) is 12.4. The van der Waals surface area contributed by atoms with Crippen LogP contribution >= 0.6 is 0 Å². The molecule has 1 saturated heterocycles. The number of hydrogen-bond acceptors (Lipinski definition) is 3. The van der Waals surface area contributed by atoms with Crippen LogP contribution in [0.3, 0.4) is 0 Å². The number of carbonyl (C=O) groups is 1. The first-order chi connectivity index (χ1) is 10.6. The minimum absolute atomic E-state index is 0.106. The van der Waals surface area contributed by atoms with Crippen LogP contribution in [-0.4, -0.2) is 30.8 Å². The molecule has 0 unspecified atom stereocenters. The number of nitrogens with one attached hydrogen (secondary N) is 1. The fraction of sp³-hybridized carbons (Fsp3) is 0.562. The van der Waals surface area contributed by atoms with Crippen molar-refractivity contribution < 1.29 is 23.4 Å². The summed E-state index contributed by atoms with van der Waals surface area (Å²) in [5, 5.41) is 11.9. The monoisotopic (exact) mass is 313 g/mol. The van der Waals surface area contributed by atoms with Crippen LogP contribution in [0.1, 0.15) is 31.2 Å². The molecule has 0 radical (unpaired) electrons. The molecule has 0 spiro atoms. The molecule has 1 aliphatic rings. The van der Waals surface area contributed by atoms with Gasteiger partial charge in [0.2, 0.25) is 0 Å². The fourth-order valence-electron chi connectivity index (χ4n) is 2.72. The average Bonchev–Trinajstić information content (AvgIpc) is 2.48. The van der Waals surface area contributed by atoms with E-state index in [1.54, 1.807) is 0 Å². The quantitative estimate of drug-likeness (QED) is 0.760. The molecule has 0 aromatic heterocycles. The molecule has 2 rings (SSSR count). The molecule has 0 bridgehead atoms. The Labute approximate surface area is 128 Å². The van der Waals surface area contributed by atoms with Gasteiger partial charge >= 0.3 is 5.97 Å². The second-order valence-corrected chi connectivity index (χ2v) is 5.62. The molecule has 122 valence electrons. The summed E-state index contributed by atoms with van der Waals surface area (Å²) < 4.78 is 32.7. The van der Waals surface area contributed by atoms with Crippen molar-refractivity contribution >= 4 is 5.97 Å². The Bertz CT molecular complexity index is 493. The largest absolute Gasteiger partial charge is 0.493 e. The highest BCUT2D eigenvalue weighted by molar-refractivity contribution is 5.70. The zero-order chi connectivity index (χ0) is 15.9. The molecule has 1 aliphatic heterocycles. The number of carboxylic acid groups (broad SMARTS) is 1. The van der Waals surface area contributed by atoms with Gasteiger partial charge in [-0.15, -0.1) is 0 Å². The van der Waals surface area contributed by atoms with Crippen LogP contribution in [-0.2, 0) is 11.2 Å². The molecule has 4 nitrogen and oxygen atoms in total. The summed E-state index contributed by atoms with van der Waals surface area (Å²) in [5.74, 6) is -2.23. The molecule has 2 N–H and O–H groups in total. The molecular weight excluding hydrogens is 292 g/mol. The number of rotatable bonds is 7. The molecule has 1 aromatic carbocycles. The van der Waals surface area contributed by atoms with Crippen molar-refractivity contribution in [3.05, 3.63) is 29.3 Å². The Balaban J connectivity index is 1.81. The van der Waals surface area contributed by atoms with Crippen molar-refractivity contribution in [2.75, 3.05) is 19.7 Å². The molecule has 1 aromatic rings. The number of ether oxygens (including phenoxy) is 1. The molecule has 22 heavy (non-hydrogen) atoms. The van der Waals surface area contributed by atoms with E-state index in [-0.39, 0.29) is 5.75 Å². The van der Waals surface area contributed by atoms with E-state index < -0.39 is 29.6 Å². The van der Waals surface area contributed by atoms with Crippen LogP contribution < -0.4 is 10.1 Å². The van der Waals surface area contributed by atoms with Crippen molar-refractivity contribution in [2.24, 2.45) is 5.92 Å². The van der Waals surface area contributed by atoms with Crippen LogP contribution in [0.2, 0.25) is 0 Å². The normalized spacial score (nSPS) is 15.7. The minimum atomic E-state index is -1.27. The van der Waals surface area contributed by atoms with E-state index in [1.807, 2.05) is 0 Å². The lowest BCUT2D eigenvalue weighted by Gasteiger charge is -2.22. The Morgan fingerprint density at radius 2 is 1.91 bits per heavy atom. The Hall–Kier alpha value is -1.69. The SMILES string of the molecule is O=C(O)Cc1c(F)cc(OCCCC2CCNCC2)cc1F. The molecular formula is C16H21F2NO3. The van der Waals surface area contributed by atoms with Crippen LogP contribution in [0.15, 0.2) is 12.1 Å². The Morgan fingerprint density at radius 1 is 1.27 bits per heavy atom. The van der Waals surface area contributed by atoms with Crippen LogP contribution in [0.4, 0.5) is 8.78 Å². The lowest BCUT2D eigenvalue weighted by Crippen LogP contribution is -2.27. The van der Waals surface area contributed by atoms with Gasteiger partial charge in [0.05, 0.1) is 13.0 Å². The highest BCUT2D eigenvalue weighted by Gasteiger charge is 2.15. The first-order valence-corrected chi connectivity index (χ1v) is 7.59. The van der Waals surface area contributed by atoms with Gasteiger partial charge in [-0.05, 0) is 44.7 Å². The van der Waals surface area contributed by atoms with Gasteiger partial charge in [-0.25, -0.2) is 8.78 Å². The maximum atomic E-state index is 13.7. The molecule has 0 aliphatic carbocycles. The van der Waals surface area contributed by atoms with Gasteiger partial charge < -0.3 is 15.2 Å². The Kier molecular flexibility index (Phi) is 6.12. The first kappa shape index (κ1) is 16.7. The second-order valence-electron chi connectivity index (χ2n) is 5.62. The molecule has 0 atom stereocenters. The van der Waals surface area contributed by atoms with E-state index in [0.29, 0.717) is 12.5 Å². The van der Waals surface area contributed by atoms with E-state index in [9.17, 15) is 13.6 Å². The fourth-order valence-corrected chi connectivity index (χ4v) is 2.72. The smallest absolute Gasteiger partial charge is 0.308 e.